The Kier molecular flexibility index (Phi) is 15.0. The molecule has 5 amide bonds. The van der Waals surface area contributed by atoms with Gasteiger partial charge in [0.1, 0.15) is 6.04 Å². The summed E-state index contributed by atoms with van der Waals surface area (Å²) in [6.45, 7) is 12.1. The lowest BCUT2D eigenvalue weighted by Crippen LogP contribution is -2.59. The lowest BCUT2D eigenvalue weighted by atomic mass is 9.75. The monoisotopic (exact) mass is 812 g/mol. The number of aliphatic hydroxyl groups excluding tert-OH is 1. The van der Waals surface area contributed by atoms with Crippen molar-refractivity contribution in [2.75, 3.05) is 20.2 Å². The van der Waals surface area contributed by atoms with E-state index in [9.17, 15) is 24.3 Å². The number of amides is 5. The molecule has 0 bridgehead atoms. The van der Waals surface area contributed by atoms with Gasteiger partial charge in [-0.2, -0.15) is 0 Å². The van der Waals surface area contributed by atoms with Gasteiger partial charge in [0.15, 0.2) is 0 Å². The molecule has 310 valence electrons. The second-order valence-corrected chi connectivity index (χ2v) is 17.1. The van der Waals surface area contributed by atoms with Crippen molar-refractivity contribution in [1.82, 2.24) is 41.3 Å². The molecule has 5 rings (SSSR count). The first-order valence-corrected chi connectivity index (χ1v) is 20.4. The van der Waals surface area contributed by atoms with Crippen molar-refractivity contribution >= 4 is 35.3 Å². The summed E-state index contributed by atoms with van der Waals surface area (Å²) in [6.07, 6.45) is 0.0750. The standard InChI is InChI=1S/C43H56N8O6S/c1-27(2)38(48-42(56)57-7)40(54)49-50(23-30-16-18-31(19-17-30)33-15-11-12-20-44-33)25-36(52)34(21-29-13-9-8-10-14-29)47-39(53)37(43(4,5)6)35-22-45-41(55)51(35)24-32-26-58-28(3)46-32/h8-20,26-27,34-38,52H,21-25H2,1-7H3,(H,45,55)(H,47,53)(H,48,56)(H,49,54). The zero-order valence-corrected chi connectivity index (χ0v) is 35.1. The number of aliphatic hydroxyl groups is 1. The first kappa shape index (κ1) is 43.7. The molecule has 5 atom stereocenters. The van der Waals surface area contributed by atoms with Crippen molar-refractivity contribution in [3.8, 4) is 11.3 Å². The Bertz CT molecular complexity index is 1970. The van der Waals surface area contributed by atoms with Crippen molar-refractivity contribution in [3.05, 3.63) is 106 Å². The number of rotatable bonds is 17. The summed E-state index contributed by atoms with van der Waals surface area (Å²) in [5.74, 6) is -1.76. The van der Waals surface area contributed by atoms with E-state index < -0.39 is 47.6 Å². The van der Waals surface area contributed by atoms with Gasteiger partial charge in [0.05, 0.1) is 54.2 Å². The van der Waals surface area contributed by atoms with Crippen LogP contribution in [0.15, 0.2) is 84.4 Å². The van der Waals surface area contributed by atoms with Gasteiger partial charge in [0, 0.05) is 36.8 Å². The predicted molar refractivity (Wildman–Crippen MR) is 223 cm³/mol. The SMILES string of the molecule is COC(=O)NC(C(=O)NN(Cc1ccc(-c2ccccn2)cc1)CC(O)C(Cc1ccccc1)NC(=O)C(C1CNC(=O)N1Cc1csc(C)n1)C(C)(C)C)C(C)C. The molecule has 14 nitrogen and oxygen atoms in total. The van der Waals surface area contributed by atoms with Crippen LogP contribution in [0.3, 0.4) is 0 Å². The summed E-state index contributed by atoms with van der Waals surface area (Å²) in [6, 6.07) is 20.5. The summed E-state index contributed by atoms with van der Waals surface area (Å²) >= 11 is 1.50. The van der Waals surface area contributed by atoms with Crippen LogP contribution in [-0.4, -0.2) is 93.4 Å². The van der Waals surface area contributed by atoms with E-state index in [4.69, 9.17) is 4.74 Å². The van der Waals surface area contributed by atoms with Gasteiger partial charge in [-0.05, 0) is 47.9 Å². The van der Waals surface area contributed by atoms with Gasteiger partial charge in [-0.3, -0.25) is 20.0 Å². The molecule has 1 aliphatic rings. The molecule has 58 heavy (non-hydrogen) atoms. The highest BCUT2D eigenvalue weighted by Gasteiger charge is 2.46. The minimum atomic E-state index is -1.19. The van der Waals surface area contributed by atoms with Crippen molar-refractivity contribution in [3.63, 3.8) is 0 Å². The number of carbonyl (C=O) groups is 4. The van der Waals surface area contributed by atoms with E-state index in [1.54, 1.807) is 30.0 Å². The molecule has 1 fully saturated rings. The number of pyridine rings is 1. The predicted octanol–water partition coefficient (Wildman–Crippen LogP) is 5.07. The average Bonchev–Trinajstić information content (AvgIpc) is 3.77. The quantitative estimate of drug-likeness (QED) is 0.0911. The zero-order chi connectivity index (χ0) is 42.0. The molecule has 15 heteroatoms. The smallest absolute Gasteiger partial charge is 0.407 e. The number of aryl methyl sites for hydroxylation is 1. The Morgan fingerprint density at radius 3 is 2.31 bits per heavy atom. The Hall–Kier alpha value is -5.38. The highest BCUT2D eigenvalue weighted by molar-refractivity contribution is 7.09. The molecule has 0 spiro atoms. The second-order valence-electron chi connectivity index (χ2n) is 16.1. The normalized spacial score (nSPS) is 16.3. The van der Waals surface area contributed by atoms with Crippen molar-refractivity contribution in [2.24, 2.45) is 17.3 Å². The van der Waals surface area contributed by atoms with E-state index >= 15 is 0 Å². The molecular weight excluding hydrogens is 757 g/mol. The first-order chi connectivity index (χ1) is 27.6. The Morgan fingerprint density at radius 1 is 1.00 bits per heavy atom. The van der Waals surface area contributed by atoms with E-state index in [-0.39, 0.29) is 50.5 Å². The highest BCUT2D eigenvalue weighted by atomic mass is 32.1. The zero-order valence-electron chi connectivity index (χ0n) is 34.3. The third-order valence-electron chi connectivity index (χ3n) is 10.2. The number of nitrogens with one attached hydrogen (secondary N) is 4. The van der Waals surface area contributed by atoms with Gasteiger partial charge in [-0.15, -0.1) is 11.3 Å². The van der Waals surface area contributed by atoms with E-state index in [0.717, 1.165) is 33.1 Å². The minimum Gasteiger partial charge on any atom is -0.453 e. The van der Waals surface area contributed by atoms with Gasteiger partial charge < -0.3 is 30.7 Å². The maximum absolute atomic E-state index is 14.6. The number of carbonyl (C=O) groups excluding carboxylic acids is 4. The molecule has 5 unspecified atom stereocenters. The van der Waals surface area contributed by atoms with Crippen LogP contribution in [0.25, 0.3) is 11.3 Å². The van der Waals surface area contributed by atoms with Gasteiger partial charge in [-0.25, -0.2) is 19.6 Å². The molecule has 5 N–H and O–H groups in total. The van der Waals surface area contributed by atoms with Crippen LogP contribution in [0.5, 0.6) is 0 Å². The van der Waals surface area contributed by atoms with Crippen LogP contribution in [0, 0.1) is 24.2 Å². The number of nitrogens with zero attached hydrogens (tertiary/aromatic N) is 4. The average molecular weight is 813 g/mol. The summed E-state index contributed by atoms with van der Waals surface area (Å²) in [4.78, 5) is 64.5. The molecule has 2 aromatic heterocycles. The van der Waals surface area contributed by atoms with Crippen LogP contribution in [0.4, 0.5) is 9.59 Å². The molecule has 0 saturated carbocycles. The number of aromatic nitrogens is 2. The van der Waals surface area contributed by atoms with Gasteiger partial charge in [0.25, 0.3) is 5.91 Å². The molecular formula is C43H56N8O6S. The number of hydrazine groups is 1. The maximum atomic E-state index is 14.6. The van der Waals surface area contributed by atoms with Crippen LogP contribution in [-0.2, 0) is 33.8 Å². The summed E-state index contributed by atoms with van der Waals surface area (Å²) in [5, 5.41) is 25.3. The number of methoxy groups -OCH3 is 1. The Morgan fingerprint density at radius 2 is 1.71 bits per heavy atom. The van der Waals surface area contributed by atoms with Crippen molar-refractivity contribution < 1.29 is 29.0 Å². The number of alkyl carbamates (subject to hydrolysis) is 1. The molecule has 1 saturated heterocycles. The van der Waals surface area contributed by atoms with E-state index in [1.165, 1.54) is 18.4 Å². The summed E-state index contributed by atoms with van der Waals surface area (Å²) in [7, 11) is 1.23. The molecule has 1 aliphatic heterocycles. The third-order valence-corrected chi connectivity index (χ3v) is 11.0. The van der Waals surface area contributed by atoms with Gasteiger partial charge in [0.2, 0.25) is 5.91 Å². The first-order valence-electron chi connectivity index (χ1n) is 19.5. The fourth-order valence-electron chi connectivity index (χ4n) is 7.25. The van der Waals surface area contributed by atoms with Crippen molar-refractivity contribution in [2.45, 2.75) is 85.3 Å². The summed E-state index contributed by atoms with van der Waals surface area (Å²) < 4.78 is 4.78. The molecule has 4 aromatic rings. The van der Waals surface area contributed by atoms with E-state index in [2.05, 4.69) is 31.3 Å². The topological polar surface area (TPSA) is 178 Å². The number of ether oxygens (including phenoxy) is 1. The number of hydrogen-bond donors (Lipinski definition) is 5. The largest absolute Gasteiger partial charge is 0.453 e. The lowest BCUT2D eigenvalue weighted by molar-refractivity contribution is -0.134. The van der Waals surface area contributed by atoms with Crippen molar-refractivity contribution in [1.29, 1.82) is 0 Å². The van der Waals surface area contributed by atoms with Crippen LogP contribution in [0.2, 0.25) is 0 Å². The highest BCUT2D eigenvalue weighted by Crippen LogP contribution is 2.34. The molecule has 3 heterocycles. The number of benzene rings is 2. The summed E-state index contributed by atoms with van der Waals surface area (Å²) in [5.41, 5.74) is 6.56. The Balaban J connectivity index is 1.43. The van der Waals surface area contributed by atoms with Crippen LogP contribution >= 0.6 is 11.3 Å². The fraction of sp³-hybridized carbons (Fsp3) is 0.442. The van der Waals surface area contributed by atoms with Gasteiger partial charge >= 0.3 is 12.1 Å². The fourth-order valence-corrected chi connectivity index (χ4v) is 7.85. The molecule has 0 radical (unpaired) electrons. The lowest BCUT2D eigenvalue weighted by Gasteiger charge is -2.39. The van der Waals surface area contributed by atoms with Crippen LogP contribution < -0.4 is 21.4 Å². The minimum absolute atomic E-state index is 0.0898. The van der Waals surface area contributed by atoms with Gasteiger partial charge in [-0.1, -0.05) is 95.3 Å². The van der Waals surface area contributed by atoms with E-state index in [0.29, 0.717) is 0 Å². The third kappa shape index (κ3) is 11.8. The maximum Gasteiger partial charge on any atom is 0.407 e. The van der Waals surface area contributed by atoms with Crippen LogP contribution in [0.1, 0.15) is 56.4 Å². The van der Waals surface area contributed by atoms with E-state index in [1.807, 2.05) is 106 Å². The number of thiazole rings is 1. The molecule has 0 aliphatic carbocycles. The Labute approximate surface area is 344 Å². The number of urea groups is 1. The number of hydrogen-bond acceptors (Lipinski definition) is 10. The second kappa shape index (κ2) is 19.9. The molecule has 2 aromatic carbocycles.